The van der Waals surface area contributed by atoms with Crippen LogP contribution in [0.2, 0.25) is 0 Å². The van der Waals surface area contributed by atoms with Crippen LogP contribution in [0.5, 0.6) is 0 Å². The average Bonchev–Trinajstić information content (AvgIpc) is 2.77. The van der Waals surface area contributed by atoms with Gasteiger partial charge in [0.1, 0.15) is 0 Å². The Morgan fingerprint density at radius 3 is 2.88 bits per heavy atom. The molecule has 0 aliphatic carbocycles. The summed E-state index contributed by atoms with van der Waals surface area (Å²) in [6.45, 7) is 2.35. The summed E-state index contributed by atoms with van der Waals surface area (Å²) in [6, 6.07) is 8.56. The van der Waals surface area contributed by atoms with Crippen molar-refractivity contribution in [2.75, 3.05) is 43.6 Å². The van der Waals surface area contributed by atoms with Crippen LogP contribution in [0.25, 0.3) is 0 Å². The SMILES string of the molecule is CN(C)c1cccc(N2CCC(CO)C2)c1. The minimum Gasteiger partial charge on any atom is -0.396 e. The summed E-state index contributed by atoms with van der Waals surface area (Å²) in [5.41, 5.74) is 2.49. The van der Waals surface area contributed by atoms with Gasteiger partial charge in [0, 0.05) is 51.1 Å². The molecule has 1 fully saturated rings. The number of rotatable bonds is 3. The second-order valence-corrected chi connectivity index (χ2v) is 4.70. The van der Waals surface area contributed by atoms with Crippen LogP contribution in [0.3, 0.4) is 0 Å². The Morgan fingerprint density at radius 1 is 1.44 bits per heavy atom. The summed E-state index contributed by atoms with van der Waals surface area (Å²) in [7, 11) is 4.11. The van der Waals surface area contributed by atoms with Crippen molar-refractivity contribution in [3.8, 4) is 0 Å². The standard InChI is InChI=1S/C13H20N2O/c1-14(2)12-4-3-5-13(8-12)15-7-6-11(9-15)10-16/h3-5,8,11,16H,6-7,9-10H2,1-2H3. The summed E-state index contributed by atoms with van der Waals surface area (Å²) in [5.74, 6) is 0.447. The lowest BCUT2D eigenvalue weighted by molar-refractivity contribution is 0.238. The average molecular weight is 220 g/mol. The lowest BCUT2D eigenvalue weighted by Gasteiger charge is -2.21. The van der Waals surface area contributed by atoms with Gasteiger partial charge in [-0.25, -0.2) is 0 Å². The molecule has 0 spiro atoms. The fraction of sp³-hybridized carbons (Fsp3) is 0.538. The van der Waals surface area contributed by atoms with Crippen LogP contribution in [-0.2, 0) is 0 Å². The van der Waals surface area contributed by atoms with Gasteiger partial charge in [-0.1, -0.05) is 6.07 Å². The number of hydrogen-bond acceptors (Lipinski definition) is 3. The molecule has 1 saturated heterocycles. The normalized spacial score (nSPS) is 20.2. The number of aliphatic hydroxyl groups is 1. The maximum Gasteiger partial charge on any atom is 0.0476 e. The molecule has 0 bridgehead atoms. The Kier molecular flexibility index (Phi) is 3.34. The van der Waals surface area contributed by atoms with Crippen LogP contribution in [0, 0.1) is 5.92 Å². The van der Waals surface area contributed by atoms with E-state index in [0.717, 1.165) is 19.5 Å². The van der Waals surface area contributed by atoms with Gasteiger partial charge in [-0.3, -0.25) is 0 Å². The van der Waals surface area contributed by atoms with Crippen LogP contribution < -0.4 is 9.80 Å². The van der Waals surface area contributed by atoms with Crippen molar-refractivity contribution < 1.29 is 5.11 Å². The summed E-state index contributed by atoms with van der Waals surface area (Å²) in [4.78, 5) is 4.47. The molecule has 0 saturated carbocycles. The smallest absolute Gasteiger partial charge is 0.0476 e. The predicted molar refractivity (Wildman–Crippen MR) is 68.2 cm³/mol. The second kappa shape index (κ2) is 4.74. The van der Waals surface area contributed by atoms with Crippen molar-refractivity contribution in [3.05, 3.63) is 24.3 Å². The van der Waals surface area contributed by atoms with E-state index < -0.39 is 0 Å². The van der Waals surface area contributed by atoms with Crippen LogP contribution in [0.1, 0.15) is 6.42 Å². The lowest BCUT2D eigenvalue weighted by atomic mass is 10.1. The quantitative estimate of drug-likeness (QED) is 0.837. The first kappa shape index (κ1) is 11.3. The van der Waals surface area contributed by atoms with Gasteiger partial charge < -0.3 is 14.9 Å². The molecule has 3 nitrogen and oxygen atoms in total. The summed E-state index contributed by atoms with van der Waals surface area (Å²) >= 11 is 0. The van der Waals surface area contributed by atoms with Crippen molar-refractivity contribution in [1.82, 2.24) is 0 Å². The molecule has 1 aromatic rings. The summed E-state index contributed by atoms with van der Waals surface area (Å²) in [5, 5.41) is 9.14. The third-order valence-corrected chi connectivity index (χ3v) is 3.26. The van der Waals surface area contributed by atoms with E-state index in [-0.39, 0.29) is 0 Å². The molecule has 1 unspecified atom stereocenters. The fourth-order valence-electron chi connectivity index (χ4n) is 2.18. The Hall–Kier alpha value is -1.22. The molecule has 1 atom stereocenters. The van der Waals surface area contributed by atoms with E-state index in [2.05, 4.69) is 48.2 Å². The van der Waals surface area contributed by atoms with E-state index in [9.17, 15) is 0 Å². The molecule has 1 N–H and O–H groups in total. The van der Waals surface area contributed by atoms with Gasteiger partial charge >= 0.3 is 0 Å². The van der Waals surface area contributed by atoms with Gasteiger partial charge in [0.2, 0.25) is 0 Å². The van der Waals surface area contributed by atoms with Crippen LogP contribution in [0.4, 0.5) is 11.4 Å². The molecule has 3 heteroatoms. The van der Waals surface area contributed by atoms with Crippen molar-refractivity contribution in [1.29, 1.82) is 0 Å². The molecular formula is C13H20N2O. The maximum atomic E-state index is 9.14. The molecule has 16 heavy (non-hydrogen) atoms. The van der Waals surface area contributed by atoms with Crippen molar-refractivity contribution in [3.63, 3.8) is 0 Å². The molecule has 2 rings (SSSR count). The van der Waals surface area contributed by atoms with Crippen LogP contribution >= 0.6 is 0 Å². The highest BCUT2D eigenvalue weighted by molar-refractivity contribution is 5.59. The zero-order chi connectivity index (χ0) is 11.5. The fourth-order valence-corrected chi connectivity index (χ4v) is 2.18. The van der Waals surface area contributed by atoms with Gasteiger partial charge in [-0.2, -0.15) is 0 Å². The molecule has 1 aromatic carbocycles. The van der Waals surface area contributed by atoms with E-state index in [0.29, 0.717) is 12.5 Å². The molecule has 0 amide bonds. The summed E-state index contributed by atoms with van der Waals surface area (Å²) in [6.07, 6.45) is 1.10. The van der Waals surface area contributed by atoms with Crippen molar-refractivity contribution in [2.45, 2.75) is 6.42 Å². The number of aliphatic hydroxyl groups excluding tert-OH is 1. The van der Waals surface area contributed by atoms with Gasteiger partial charge in [0.25, 0.3) is 0 Å². The predicted octanol–water partition coefficient (Wildman–Crippen LogP) is 1.57. The Morgan fingerprint density at radius 2 is 2.25 bits per heavy atom. The van der Waals surface area contributed by atoms with Crippen LogP contribution in [-0.4, -0.2) is 38.9 Å². The van der Waals surface area contributed by atoms with Gasteiger partial charge in [0.15, 0.2) is 0 Å². The van der Waals surface area contributed by atoms with Crippen LogP contribution in [0.15, 0.2) is 24.3 Å². The number of nitrogens with zero attached hydrogens (tertiary/aromatic N) is 2. The first-order valence-corrected chi connectivity index (χ1v) is 5.84. The highest BCUT2D eigenvalue weighted by Crippen LogP contribution is 2.26. The van der Waals surface area contributed by atoms with Gasteiger partial charge in [-0.15, -0.1) is 0 Å². The molecule has 1 heterocycles. The number of benzene rings is 1. The zero-order valence-electron chi connectivity index (χ0n) is 10.1. The number of anilines is 2. The van der Waals surface area contributed by atoms with Gasteiger partial charge in [-0.05, 0) is 24.6 Å². The highest BCUT2D eigenvalue weighted by Gasteiger charge is 2.21. The van der Waals surface area contributed by atoms with E-state index in [1.807, 2.05) is 0 Å². The maximum absolute atomic E-state index is 9.14. The first-order chi connectivity index (χ1) is 7.70. The third kappa shape index (κ3) is 2.30. The Bertz CT molecular complexity index is 352. The monoisotopic (exact) mass is 220 g/mol. The zero-order valence-corrected chi connectivity index (χ0v) is 10.1. The summed E-state index contributed by atoms with van der Waals surface area (Å²) < 4.78 is 0. The minimum absolute atomic E-state index is 0.309. The van der Waals surface area contributed by atoms with E-state index >= 15 is 0 Å². The van der Waals surface area contributed by atoms with E-state index in [1.165, 1.54) is 11.4 Å². The molecule has 1 aliphatic rings. The van der Waals surface area contributed by atoms with Crippen molar-refractivity contribution >= 4 is 11.4 Å². The largest absolute Gasteiger partial charge is 0.396 e. The topological polar surface area (TPSA) is 26.7 Å². The number of hydrogen-bond donors (Lipinski definition) is 1. The Balaban J connectivity index is 2.12. The lowest BCUT2D eigenvalue weighted by Crippen LogP contribution is -2.21. The Labute approximate surface area is 97.3 Å². The second-order valence-electron chi connectivity index (χ2n) is 4.70. The highest BCUT2D eigenvalue weighted by atomic mass is 16.3. The molecule has 1 aliphatic heterocycles. The van der Waals surface area contributed by atoms with Gasteiger partial charge in [0.05, 0.1) is 0 Å². The molecule has 88 valence electrons. The minimum atomic E-state index is 0.309. The first-order valence-electron chi connectivity index (χ1n) is 5.84. The van der Waals surface area contributed by atoms with Crippen molar-refractivity contribution in [2.24, 2.45) is 5.92 Å². The molecular weight excluding hydrogens is 200 g/mol. The third-order valence-electron chi connectivity index (χ3n) is 3.26. The van der Waals surface area contributed by atoms with E-state index in [4.69, 9.17) is 5.11 Å². The molecule has 0 aromatic heterocycles. The van der Waals surface area contributed by atoms with E-state index in [1.54, 1.807) is 0 Å². The molecule has 0 radical (unpaired) electrons.